The molecule has 1 amide bonds. The number of benzene rings is 2. The maximum Gasteiger partial charge on any atom is 0.273 e. The lowest BCUT2D eigenvalue weighted by Crippen LogP contribution is -2.33. The van der Waals surface area contributed by atoms with Crippen LogP contribution in [-0.4, -0.2) is 17.4 Å². The summed E-state index contributed by atoms with van der Waals surface area (Å²) < 4.78 is 0. The number of rotatable bonds is 6. The Morgan fingerprint density at radius 3 is 2.57 bits per heavy atom. The molecule has 0 saturated heterocycles. The zero-order valence-corrected chi connectivity index (χ0v) is 13.4. The van der Waals surface area contributed by atoms with Crippen LogP contribution in [0, 0.1) is 17.0 Å². The third-order valence-electron chi connectivity index (χ3n) is 3.59. The first-order valence-electron chi connectivity index (χ1n) is 7.62. The summed E-state index contributed by atoms with van der Waals surface area (Å²) in [5.74, 6) is -0.133. The molecule has 120 valence electrons. The van der Waals surface area contributed by atoms with Crippen LogP contribution in [0.4, 0.5) is 11.4 Å². The van der Waals surface area contributed by atoms with Crippen LogP contribution in [0.1, 0.15) is 24.5 Å². The Morgan fingerprint density at radius 1 is 1.17 bits per heavy atom. The zero-order valence-electron chi connectivity index (χ0n) is 13.4. The molecule has 2 rings (SSSR count). The topological polar surface area (TPSA) is 63.5 Å². The summed E-state index contributed by atoms with van der Waals surface area (Å²) in [6.07, 6.45) is 0.835. The van der Waals surface area contributed by atoms with Gasteiger partial charge >= 0.3 is 0 Å². The minimum atomic E-state index is -0.445. The molecule has 0 radical (unpaired) electrons. The van der Waals surface area contributed by atoms with Crippen LogP contribution in [0.5, 0.6) is 0 Å². The molecular formula is C18H20N2O3. The number of aryl methyl sites for hydroxylation is 1. The molecule has 0 bridgehead atoms. The van der Waals surface area contributed by atoms with Gasteiger partial charge < -0.3 is 4.90 Å². The highest BCUT2D eigenvalue weighted by molar-refractivity contribution is 5.95. The first-order chi connectivity index (χ1) is 11.0. The van der Waals surface area contributed by atoms with Gasteiger partial charge in [0.05, 0.1) is 11.3 Å². The fraction of sp³-hybridized carbons (Fsp3) is 0.278. The van der Waals surface area contributed by atoms with Gasteiger partial charge in [0.2, 0.25) is 5.91 Å². The summed E-state index contributed by atoms with van der Waals surface area (Å²) in [5.41, 5.74) is 2.33. The SMILES string of the molecule is CCCN(C(=O)Cc1ccccc1[N+](=O)[O-])c1cccc(C)c1. The maximum absolute atomic E-state index is 12.7. The molecule has 0 saturated carbocycles. The van der Waals surface area contributed by atoms with E-state index >= 15 is 0 Å². The third-order valence-corrected chi connectivity index (χ3v) is 3.59. The summed E-state index contributed by atoms with van der Waals surface area (Å²) in [7, 11) is 0. The second kappa shape index (κ2) is 7.54. The number of nitrogens with zero attached hydrogens (tertiary/aromatic N) is 2. The van der Waals surface area contributed by atoms with Gasteiger partial charge in [0.25, 0.3) is 5.69 Å². The quantitative estimate of drug-likeness (QED) is 0.600. The maximum atomic E-state index is 12.7. The first kappa shape index (κ1) is 16.7. The minimum absolute atomic E-state index is 0.0125. The van der Waals surface area contributed by atoms with E-state index in [2.05, 4.69) is 0 Å². The number of para-hydroxylation sites is 1. The van der Waals surface area contributed by atoms with Crippen molar-refractivity contribution >= 4 is 17.3 Å². The van der Waals surface area contributed by atoms with E-state index in [1.54, 1.807) is 23.1 Å². The monoisotopic (exact) mass is 312 g/mol. The van der Waals surface area contributed by atoms with Gasteiger partial charge in [0, 0.05) is 23.9 Å². The average Bonchev–Trinajstić information content (AvgIpc) is 2.52. The number of carbonyl (C=O) groups is 1. The summed E-state index contributed by atoms with van der Waals surface area (Å²) in [6.45, 7) is 4.56. The second-order valence-electron chi connectivity index (χ2n) is 5.45. The number of carbonyl (C=O) groups excluding carboxylic acids is 1. The van der Waals surface area contributed by atoms with Crippen molar-refractivity contribution in [1.29, 1.82) is 0 Å². The van der Waals surface area contributed by atoms with Gasteiger partial charge in [0.1, 0.15) is 0 Å². The number of hydrogen-bond donors (Lipinski definition) is 0. The van der Waals surface area contributed by atoms with Gasteiger partial charge in [0.15, 0.2) is 0 Å². The number of nitro benzene ring substituents is 1. The molecule has 2 aromatic carbocycles. The molecule has 0 N–H and O–H groups in total. The van der Waals surface area contributed by atoms with Crippen LogP contribution < -0.4 is 4.90 Å². The van der Waals surface area contributed by atoms with Crippen molar-refractivity contribution < 1.29 is 9.72 Å². The Morgan fingerprint density at radius 2 is 1.91 bits per heavy atom. The lowest BCUT2D eigenvalue weighted by molar-refractivity contribution is -0.385. The normalized spacial score (nSPS) is 10.3. The Labute approximate surface area is 135 Å². The number of nitro groups is 1. The molecule has 0 fully saturated rings. The Balaban J connectivity index is 2.27. The molecule has 0 aromatic heterocycles. The molecule has 0 unspecified atom stereocenters. The van der Waals surface area contributed by atoms with Gasteiger partial charge in [-0.15, -0.1) is 0 Å². The molecule has 0 heterocycles. The summed E-state index contributed by atoms with van der Waals surface area (Å²) >= 11 is 0. The van der Waals surface area contributed by atoms with Gasteiger partial charge in [-0.25, -0.2) is 0 Å². The van der Waals surface area contributed by atoms with Crippen molar-refractivity contribution in [3.05, 3.63) is 69.8 Å². The highest BCUT2D eigenvalue weighted by atomic mass is 16.6. The van der Waals surface area contributed by atoms with Crippen LogP contribution >= 0.6 is 0 Å². The fourth-order valence-corrected chi connectivity index (χ4v) is 2.51. The van der Waals surface area contributed by atoms with E-state index in [9.17, 15) is 14.9 Å². The van der Waals surface area contributed by atoms with E-state index in [-0.39, 0.29) is 18.0 Å². The highest BCUT2D eigenvalue weighted by Crippen LogP contribution is 2.22. The minimum Gasteiger partial charge on any atom is -0.312 e. The lowest BCUT2D eigenvalue weighted by atomic mass is 10.1. The van der Waals surface area contributed by atoms with Gasteiger partial charge in [-0.2, -0.15) is 0 Å². The van der Waals surface area contributed by atoms with Crippen LogP contribution in [-0.2, 0) is 11.2 Å². The molecular weight excluding hydrogens is 292 g/mol. The van der Waals surface area contributed by atoms with Crippen molar-refractivity contribution in [3.8, 4) is 0 Å². The van der Waals surface area contributed by atoms with E-state index < -0.39 is 4.92 Å². The molecule has 5 heteroatoms. The standard InChI is InChI=1S/C18H20N2O3/c1-3-11-19(16-9-6-7-14(2)12-16)18(21)13-15-8-4-5-10-17(15)20(22)23/h4-10,12H,3,11,13H2,1-2H3. The van der Waals surface area contributed by atoms with Crippen molar-refractivity contribution in [3.63, 3.8) is 0 Å². The summed E-state index contributed by atoms with van der Waals surface area (Å²) in [6, 6.07) is 14.1. The highest BCUT2D eigenvalue weighted by Gasteiger charge is 2.20. The molecule has 23 heavy (non-hydrogen) atoms. The lowest BCUT2D eigenvalue weighted by Gasteiger charge is -2.22. The summed E-state index contributed by atoms with van der Waals surface area (Å²) in [4.78, 5) is 25.0. The summed E-state index contributed by atoms with van der Waals surface area (Å²) in [5, 5.41) is 11.1. The second-order valence-corrected chi connectivity index (χ2v) is 5.45. The third kappa shape index (κ3) is 4.16. The van der Waals surface area contributed by atoms with Crippen LogP contribution in [0.2, 0.25) is 0 Å². The predicted octanol–water partition coefficient (Wildman–Crippen LogP) is 3.89. The number of hydrogen-bond acceptors (Lipinski definition) is 3. The Kier molecular flexibility index (Phi) is 5.46. The van der Waals surface area contributed by atoms with E-state index in [4.69, 9.17) is 0 Å². The molecule has 0 aliphatic carbocycles. The van der Waals surface area contributed by atoms with E-state index in [1.807, 2.05) is 38.1 Å². The van der Waals surface area contributed by atoms with Crippen molar-refractivity contribution in [1.82, 2.24) is 0 Å². The Hall–Kier alpha value is -2.69. The number of amides is 1. The molecule has 5 nitrogen and oxygen atoms in total. The first-order valence-corrected chi connectivity index (χ1v) is 7.62. The van der Waals surface area contributed by atoms with Crippen LogP contribution in [0.3, 0.4) is 0 Å². The van der Waals surface area contributed by atoms with Gasteiger partial charge in [-0.1, -0.05) is 37.3 Å². The Bertz CT molecular complexity index is 713. The molecule has 0 spiro atoms. The average molecular weight is 312 g/mol. The van der Waals surface area contributed by atoms with Crippen LogP contribution in [0.15, 0.2) is 48.5 Å². The molecule has 0 aliphatic rings. The molecule has 0 aliphatic heterocycles. The predicted molar refractivity (Wildman–Crippen MR) is 90.6 cm³/mol. The van der Waals surface area contributed by atoms with Crippen molar-refractivity contribution in [2.24, 2.45) is 0 Å². The molecule has 0 atom stereocenters. The largest absolute Gasteiger partial charge is 0.312 e. The van der Waals surface area contributed by atoms with E-state index in [1.165, 1.54) is 6.07 Å². The smallest absolute Gasteiger partial charge is 0.273 e. The van der Waals surface area contributed by atoms with Crippen molar-refractivity contribution in [2.75, 3.05) is 11.4 Å². The van der Waals surface area contributed by atoms with Gasteiger partial charge in [-0.3, -0.25) is 14.9 Å². The zero-order chi connectivity index (χ0) is 16.8. The van der Waals surface area contributed by atoms with Crippen molar-refractivity contribution in [2.45, 2.75) is 26.7 Å². The molecule has 2 aromatic rings. The number of anilines is 1. The van der Waals surface area contributed by atoms with Crippen LogP contribution in [0.25, 0.3) is 0 Å². The fourth-order valence-electron chi connectivity index (χ4n) is 2.51. The van der Waals surface area contributed by atoms with E-state index in [0.29, 0.717) is 12.1 Å². The van der Waals surface area contributed by atoms with Gasteiger partial charge in [-0.05, 0) is 31.0 Å². The van der Waals surface area contributed by atoms with E-state index in [0.717, 1.165) is 17.7 Å².